The van der Waals surface area contributed by atoms with E-state index in [0.29, 0.717) is 0 Å². The van der Waals surface area contributed by atoms with Crippen LogP contribution in [-0.4, -0.2) is 12.6 Å². The Kier molecular flexibility index (Phi) is 7.32. The van der Waals surface area contributed by atoms with Crippen LogP contribution in [-0.2, 0) is 0 Å². The first-order valence-electron chi connectivity index (χ1n) is 19.5. The van der Waals surface area contributed by atoms with Gasteiger partial charge in [0.1, 0.15) is 8.07 Å². The van der Waals surface area contributed by atoms with E-state index < -0.39 is 8.07 Å². The first kappa shape index (κ1) is 33.1. The number of allylic oxidation sites excluding steroid dienone is 2. The van der Waals surface area contributed by atoms with Gasteiger partial charge in [-0.15, -0.1) is 11.3 Å². The average molecular weight is 750 g/mol. The van der Waals surface area contributed by atoms with E-state index in [-0.39, 0.29) is 0 Å². The van der Waals surface area contributed by atoms with Crippen LogP contribution in [0, 0.1) is 6.92 Å². The minimum atomic E-state index is -1.78. The van der Waals surface area contributed by atoms with E-state index in [1.807, 2.05) is 11.3 Å². The summed E-state index contributed by atoms with van der Waals surface area (Å²) in [5.41, 5.74) is 13.8. The first-order chi connectivity index (χ1) is 27.4. The lowest BCUT2D eigenvalue weighted by Gasteiger charge is -2.22. The van der Waals surface area contributed by atoms with Crippen LogP contribution in [0.3, 0.4) is 0 Å². The molecule has 10 aromatic rings. The Morgan fingerprint density at radius 1 is 0.571 bits per heavy atom. The van der Waals surface area contributed by atoms with E-state index in [1.165, 1.54) is 97.3 Å². The zero-order valence-electron chi connectivity index (χ0n) is 31.7. The number of thiophene rings is 1. The summed E-state index contributed by atoms with van der Waals surface area (Å²) in [4.78, 5) is 0. The number of hydrogen-bond donors (Lipinski definition) is 0. The van der Waals surface area contributed by atoms with Crippen molar-refractivity contribution in [3.8, 4) is 33.4 Å². The summed E-state index contributed by atoms with van der Waals surface area (Å²) in [5, 5.41) is 10.8. The quantitative estimate of drug-likeness (QED) is 0.122. The summed E-state index contributed by atoms with van der Waals surface area (Å²) in [6.45, 7) is 11.9. The molecule has 1 aliphatic heterocycles. The Morgan fingerprint density at radius 3 is 2.12 bits per heavy atom. The average Bonchev–Trinajstić information content (AvgIpc) is 3.85. The molecule has 0 N–H and O–H groups in total. The molecule has 0 bridgehead atoms. The molecule has 1 nitrogen and oxygen atoms in total. The molecule has 0 fully saturated rings. The number of aromatic nitrogens is 1. The Bertz CT molecular complexity index is 3310. The summed E-state index contributed by atoms with van der Waals surface area (Å²) >= 11 is 1.90. The summed E-state index contributed by atoms with van der Waals surface area (Å²) in [5.74, 6) is 0. The molecule has 0 saturated heterocycles. The summed E-state index contributed by atoms with van der Waals surface area (Å²) < 4.78 is 4.98. The Morgan fingerprint density at radius 2 is 1.23 bits per heavy atom. The molecule has 266 valence electrons. The topological polar surface area (TPSA) is 4.93 Å². The van der Waals surface area contributed by atoms with Gasteiger partial charge in [-0.25, -0.2) is 0 Å². The molecular weight excluding hydrogens is 711 g/mol. The van der Waals surface area contributed by atoms with Crippen molar-refractivity contribution in [1.82, 2.24) is 4.57 Å². The minimum Gasteiger partial charge on any atom is -0.310 e. The second kappa shape index (κ2) is 12.4. The van der Waals surface area contributed by atoms with E-state index >= 15 is 0 Å². The van der Waals surface area contributed by atoms with Crippen molar-refractivity contribution < 1.29 is 0 Å². The third-order valence-electron chi connectivity index (χ3n) is 12.3. The molecule has 0 aliphatic carbocycles. The van der Waals surface area contributed by atoms with Crippen LogP contribution in [0.2, 0.25) is 13.1 Å². The molecule has 8 aromatic carbocycles. The van der Waals surface area contributed by atoms with E-state index in [2.05, 4.69) is 201 Å². The highest BCUT2D eigenvalue weighted by molar-refractivity contribution is 7.26. The zero-order chi connectivity index (χ0) is 37.7. The number of hydrogen-bond acceptors (Lipinski definition) is 1. The second-order valence-electron chi connectivity index (χ2n) is 15.8. The second-order valence-corrected chi connectivity index (χ2v) is 21.1. The molecule has 56 heavy (non-hydrogen) atoms. The minimum absolute atomic E-state index is 0.955. The third-order valence-corrected chi connectivity index (χ3v) is 17.2. The van der Waals surface area contributed by atoms with Gasteiger partial charge in [0.05, 0.1) is 11.0 Å². The lowest BCUT2D eigenvalue weighted by molar-refractivity contribution is 1.25. The van der Waals surface area contributed by atoms with E-state index in [0.717, 1.165) is 5.70 Å². The largest absolute Gasteiger partial charge is 0.310 e. The molecule has 3 heterocycles. The van der Waals surface area contributed by atoms with Crippen LogP contribution in [0.5, 0.6) is 0 Å². The fraction of sp³-hybridized carbons (Fsp3) is 0.0566. The number of benzene rings is 8. The molecular formula is C53H39NSSi. The van der Waals surface area contributed by atoms with Gasteiger partial charge in [-0.3, -0.25) is 0 Å². The highest BCUT2D eigenvalue weighted by atomic mass is 32.1. The van der Waals surface area contributed by atoms with E-state index in [4.69, 9.17) is 0 Å². The van der Waals surface area contributed by atoms with Crippen LogP contribution < -0.4 is 10.4 Å². The predicted octanol–water partition coefficient (Wildman–Crippen LogP) is 13.9. The fourth-order valence-corrected chi connectivity index (χ4v) is 14.6. The maximum Gasteiger partial charge on any atom is 0.114 e. The Labute approximate surface area is 332 Å². The van der Waals surface area contributed by atoms with Gasteiger partial charge in [0.2, 0.25) is 0 Å². The monoisotopic (exact) mass is 749 g/mol. The number of fused-ring (bicyclic) bond motifs is 10. The lowest BCUT2D eigenvalue weighted by Crippen LogP contribution is -2.50. The van der Waals surface area contributed by atoms with Gasteiger partial charge in [0, 0.05) is 42.2 Å². The van der Waals surface area contributed by atoms with E-state index in [9.17, 15) is 0 Å². The SMILES string of the molecule is C=C(/C=C\c1ccc2c(c1C)[Si](C)(C)c1ccccc1-2)n1c2ccccc2c2cc(-c3ccc4sc5c(-c6cccc7ccccc67)cccc5c4c3)ccc21. The Balaban J connectivity index is 0.978. The molecule has 0 amide bonds. The number of para-hydroxylation sites is 1. The molecule has 3 heteroatoms. The molecule has 0 unspecified atom stereocenters. The van der Waals surface area contributed by atoms with Crippen LogP contribution in [0.15, 0.2) is 170 Å². The summed E-state index contributed by atoms with van der Waals surface area (Å²) in [6, 6.07) is 58.4. The van der Waals surface area contributed by atoms with E-state index in [1.54, 1.807) is 10.4 Å². The van der Waals surface area contributed by atoms with Crippen molar-refractivity contribution in [1.29, 1.82) is 0 Å². The van der Waals surface area contributed by atoms with Gasteiger partial charge in [0.25, 0.3) is 0 Å². The normalized spacial score (nSPS) is 13.4. The van der Waals surface area contributed by atoms with Crippen molar-refractivity contribution in [2.45, 2.75) is 20.0 Å². The van der Waals surface area contributed by atoms with Crippen LogP contribution >= 0.6 is 11.3 Å². The van der Waals surface area contributed by atoms with Gasteiger partial charge in [-0.2, -0.15) is 0 Å². The standard InChI is InChI=1S/C53H39NSSi/c1-33(23-24-35-25-28-45-42-17-8-10-22-51(42)56(3,4)53(45)34(35)2)54-48-21-9-7-16-41(48)46-31-37(26-29-49(46)54)38-27-30-50-47(32-38)44-20-12-19-43(52(44)55-50)40-18-11-14-36-13-5-6-15-39(36)40/h5-32H,1H2,2-4H3/b24-23-. The molecule has 0 spiro atoms. The first-order valence-corrected chi connectivity index (χ1v) is 23.3. The summed E-state index contributed by atoms with van der Waals surface area (Å²) in [7, 11) is -1.78. The summed E-state index contributed by atoms with van der Waals surface area (Å²) in [6.07, 6.45) is 4.47. The van der Waals surface area contributed by atoms with Crippen LogP contribution in [0.25, 0.3) is 97.9 Å². The predicted molar refractivity (Wildman–Crippen MR) is 248 cm³/mol. The van der Waals surface area contributed by atoms with Gasteiger partial charge in [0.15, 0.2) is 0 Å². The van der Waals surface area contributed by atoms with Crippen molar-refractivity contribution >= 4 is 94.3 Å². The molecule has 11 rings (SSSR count). The molecule has 1 aliphatic rings. The Hall–Kier alpha value is -6.26. The zero-order valence-corrected chi connectivity index (χ0v) is 33.5. The lowest BCUT2D eigenvalue weighted by atomic mass is 9.96. The molecule has 0 radical (unpaired) electrons. The van der Waals surface area contributed by atoms with Gasteiger partial charge in [-0.05, 0) is 103 Å². The van der Waals surface area contributed by atoms with Crippen molar-refractivity contribution in [2.75, 3.05) is 0 Å². The molecule has 2 aromatic heterocycles. The maximum absolute atomic E-state index is 4.65. The van der Waals surface area contributed by atoms with Crippen LogP contribution in [0.4, 0.5) is 0 Å². The van der Waals surface area contributed by atoms with Crippen LogP contribution in [0.1, 0.15) is 11.1 Å². The molecule has 0 saturated carbocycles. The number of rotatable bonds is 5. The highest BCUT2D eigenvalue weighted by Crippen LogP contribution is 2.43. The fourth-order valence-electron chi connectivity index (χ4n) is 9.71. The molecule has 0 atom stereocenters. The van der Waals surface area contributed by atoms with Crippen molar-refractivity contribution in [3.63, 3.8) is 0 Å². The van der Waals surface area contributed by atoms with Gasteiger partial charge in [-0.1, -0.05) is 153 Å². The third kappa shape index (κ3) is 4.84. The maximum atomic E-state index is 4.65. The van der Waals surface area contributed by atoms with Gasteiger partial charge < -0.3 is 4.57 Å². The van der Waals surface area contributed by atoms with Crippen molar-refractivity contribution in [3.05, 3.63) is 182 Å². The number of nitrogens with zero attached hydrogens (tertiary/aromatic N) is 1. The van der Waals surface area contributed by atoms with Gasteiger partial charge >= 0.3 is 0 Å². The smallest absolute Gasteiger partial charge is 0.114 e. The highest BCUT2D eigenvalue weighted by Gasteiger charge is 2.38. The van der Waals surface area contributed by atoms with Crippen molar-refractivity contribution in [2.24, 2.45) is 0 Å².